The number of rotatable bonds is 2. The van der Waals surface area contributed by atoms with Crippen LogP contribution in [-0.2, 0) is 4.79 Å². The van der Waals surface area contributed by atoms with Gasteiger partial charge in [0.15, 0.2) is 0 Å². The molecule has 1 unspecified atom stereocenters. The molecule has 0 radical (unpaired) electrons. The number of aliphatic carboxylic acids is 1. The molecule has 0 aromatic heterocycles. The van der Waals surface area contributed by atoms with Crippen molar-refractivity contribution in [2.75, 3.05) is 13.1 Å². The molecule has 1 rings (SSSR count). The molecule has 1 aliphatic rings. The highest BCUT2D eigenvalue weighted by molar-refractivity contribution is 7.13. The summed E-state index contributed by atoms with van der Waals surface area (Å²) in [6.45, 7) is 1.54. The van der Waals surface area contributed by atoms with Crippen molar-refractivity contribution in [3.63, 3.8) is 0 Å². The average molecular weight is 176 g/mol. The Kier molecular flexibility index (Phi) is 2.82. The Bertz CT molecular complexity index is 157. The smallest absolute Gasteiger partial charge is 0.324 e. The zero-order valence-corrected chi connectivity index (χ0v) is 7.42. The quantitative estimate of drug-likeness (QED) is 0.500. The molecular weight excluding hydrogens is 163 g/mol. The van der Waals surface area contributed by atoms with Crippen molar-refractivity contribution in [1.29, 1.82) is 0 Å². The highest BCUT2D eigenvalue weighted by Gasteiger charge is 2.37. The van der Waals surface area contributed by atoms with Crippen molar-refractivity contribution in [2.24, 2.45) is 0 Å². The van der Waals surface area contributed by atoms with Crippen LogP contribution in [0.5, 0.6) is 0 Å². The maximum absolute atomic E-state index is 10.8. The summed E-state index contributed by atoms with van der Waals surface area (Å²) < 4.78 is 0. The average Bonchev–Trinajstić information content (AvgIpc) is 2.05. The molecule has 64 valence electrons. The maximum Gasteiger partial charge on any atom is 0.324 e. The Morgan fingerprint density at radius 1 is 1.55 bits per heavy atom. The molecule has 1 aliphatic heterocycles. The minimum absolute atomic E-state index is 0.645. The summed E-state index contributed by atoms with van der Waals surface area (Å²) in [6.07, 6.45) is 1.29. The third kappa shape index (κ3) is 1.70. The largest absolute Gasteiger partial charge is 0.480 e. The van der Waals surface area contributed by atoms with E-state index in [1.54, 1.807) is 0 Å². The third-order valence-corrected chi connectivity index (χ3v) is 2.70. The molecular formula is C6H13N2O2P. The first-order chi connectivity index (χ1) is 5.21. The summed E-state index contributed by atoms with van der Waals surface area (Å²) in [4.78, 5) is 10.8. The van der Waals surface area contributed by atoms with E-state index in [4.69, 9.17) is 5.11 Å². The van der Waals surface area contributed by atoms with E-state index < -0.39 is 11.5 Å². The summed E-state index contributed by atoms with van der Waals surface area (Å²) in [5.41, 5.74) is -0.712. The lowest BCUT2D eigenvalue weighted by molar-refractivity contribution is -0.145. The van der Waals surface area contributed by atoms with Gasteiger partial charge in [-0.05, 0) is 25.9 Å². The third-order valence-electron chi connectivity index (χ3n) is 2.14. The van der Waals surface area contributed by atoms with Crippen LogP contribution in [0.2, 0.25) is 0 Å². The second-order valence-corrected chi connectivity index (χ2v) is 3.07. The Morgan fingerprint density at radius 3 is 2.36 bits per heavy atom. The molecule has 5 heteroatoms. The standard InChI is InChI=1S/C6H13N2O2P/c9-5(10)6(8-11)1-3-7-4-2-6/h7-8H,1-4,11H2,(H,9,10). The molecule has 0 saturated carbocycles. The van der Waals surface area contributed by atoms with Crippen LogP contribution in [0, 0.1) is 0 Å². The summed E-state index contributed by atoms with van der Waals surface area (Å²) >= 11 is 0. The second kappa shape index (κ2) is 3.48. The van der Waals surface area contributed by atoms with Crippen molar-refractivity contribution < 1.29 is 9.90 Å². The number of nitrogens with one attached hydrogen (secondary N) is 2. The molecule has 3 N–H and O–H groups in total. The van der Waals surface area contributed by atoms with Crippen LogP contribution in [0.15, 0.2) is 0 Å². The molecule has 0 aromatic carbocycles. The minimum Gasteiger partial charge on any atom is -0.480 e. The predicted molar refractivity (Wildman–Crippen MR) is 45.3 cm³/mol. The van der Waals surface area contributed by atoms with Crippen molar-refractivity contribution in [2.45, 2.75) is 18.4 Å². The molecule has 1 atom stereocenters. The Labute approximate surface area is 68.0 Å². The molecule has 0 bridgehead atoms. The van der Waals surface area contributed by atoms with Gasteiger partial charge in [-0.25, -0.2) is 0 Å². The van der Waals surface area contributed by atoms with Gasteiger partial charge >= 0.3 is 5.97 Å². The van der Waals surface area contributed by atoms with Gasteiger partial charge in [-0.15, -0.1) is 0 Å². The van der Waals surface area contributed by atoms with E-state index in [9.17, 15) is 4.79 Å². The molecule has 1 fully saturated rings. The van der Waals surface area contributed by atoms with E-state index in [-0.39, 0.29) is 0 Å². The molecule has 0 aliphatic carbocycles. The zero-order chi connectivity index (χ0) is 8.32. The van der Waals surface area contributed by atoms with Crippen molar-refractivity contribution >= 4 is 15.4 Å². The lowest BCUT2D eigenvalue weighted by atomic mass is 9.90. The van der Waals surface area contributed by atoms with E-state index in [0.717, 1.165) is 13.1 Å². The second-order valence-electron chi connectivity index (χ2n) is 2.78. The van der Waals surface area contributed by atoms with Crippen molar-refractivity contribution in [3.05, 3.63) is 0 Å². The SMILES string of the molecule is O=C(O)C1(NP)CCNCC1. The van der Waals surface area contributed by atoms with Gasteiger partial charge in [-0.2, -0.15) is 0 Å². The van der Waals surface area contributed by atoms with E-state index in [0.29, 0.717) is 12.8 Å². The molecule has 0 amide bonds. The van der Waals surface area contributed by atoms with E-state index in [2.05, 4.69) is 19.8 Å². The molecule has 11 heavy (non-hydrogen) atoms. The van der Waals surface area contributed by atoms with Gasteiger partial charge in [0.2, 0.25) is 0 Å². The normalized spacial score (nSPS) is 23.0. The number of carboxylic acid groups (broad SMARTS) is 1. The van der Waals surface area contributed by atoms with Crippen molar-refractivity contribution in [1.82, 2.24) is 10.4 Å². The number of carboxylic acids is 1. The monoisotopic (exact) mass is 176 g/mol. The number of hydrogen-bond donors (Lipinski definition) is 3. The summed E-state index contributed by atoms with van der Waals surface area (Å²) in [7, 11) is 2.29. The summed E-state index contributed by atoms with van der Waals surface area (Å²) in [6, 6.07) is 0. The fourth-order valence-electron chi connectivity index (χ4n) is 1.27. The topological polar surface area (TPSA) is 61.4 Å². The molecule has 4 nitrogen and oxygen atoms in total. The lowest BCUT2D eigenvalue weighted by Gasteiger charge is -2.32. The Hall–Kier alpha value is -0.180. The lowest BCUT2D eigenvalue weighted by Crippen LogP contribution is -2.54. The molecule has 1 heterocycles. The van der Waals surface area contributed by atoms with Gasteiger partial charge in [-0.1, -0.05) is 9.39 Å². The van der Waals surface area contributed by atoms with Gasteiger partial charge < -0.3 is 10.4 Å². The van der Waals surface area contributed by atoms with Gasteiger partial charge in [0, 0.05) is 0 Å². The fourth-order valence-corrected chi connectivity index (χ4v) is 1.69. The van der Waals surface area contributed by atoms with Crippen LogP contribution in [-0.4, -0.2) is 29.7 Å². The van der Waals surface area contributed by atoms with Gasteiger partial charge in [-0.3, -0.25) is 9.88 Å². The van der Waals surface area contributed by atoms with Crippen LogP contribution in [0.1, 0.15) is 12.8 Å². The highest BCUT2D eigenvalue weighted by Crippen LogP contribution is 2.19. The van der Waals surface area contributed by atoms with E-state index >= 15 is 0 Å². The summed E-state index contributed by atoms with van der Waals surface area (Å²) in [5.74, 6) is -0.756. The predicted octanol–water partition coefficient (Wildman–Crippen LogP) is -0.427. The van der Waals surface area contributed by atoms with Crippen molar-refractivity contribution in [3.8, 4) is 0 Å². The first-order valence-corrected chi connectivity index (χ1v) is 4.21. The van der Waals surface area contributed by atoms with Gasteiger partial charge in [0.25, 0.3) is 0 Å². The Morgan fingerprint density at radius 2 is 2.09 bits per heavy atom. The van der Waals surface area contributed by atoms with Crippen LogP contribution in [0.25, 0.3) is 0 Å². The first kappa shape index (κ1) is 8.91. The van der Waals surface area contributed by atoms with E-state index in [1.807, 2.05) is 0 Å². The van der Waals surface area contributed by atoms with Crippen LogP contribution >= 0.6 is 9.39 Å². The number of carbonyl (C=O) groups is 1. The number of piperidine rings is 1. The first-order valence-electron chi connectivity index (χ1n) is 3.63. The van der Waals surface area contributed by atoms with Crippen LogP contribution < -0.4 is 10.4 Å². The zero-order valence-electron chi connectivity index (χ0n) is 6.26. The maximum atomic E-state index is 10.8. The van der Waals surface area contributed by atoms with Gasteiger partial charge in [0.1, 0.15) is 5.54 Å². The van der Waals surface area contributed by atoms with Crippen LogP contribution in [0.4, 0.5) is 0 Å². The minimum atomic E-state index is -0.756. The molecule has 0 aromatic rings. The molecule has 0 spiro atoms. The summed E-state index contributed by atoms with van der Waals surface area (Å²) in [5, 5.41) is 14.8. The van der Waals surface area contributed by atoms with Crippen LogP contribution in [0.3, 0.4) is 0 Å². The van der Waals surface area contributed by atoms with Gasteiger partial charge in [0.05, 0.1) is 0 Å². The number of hydrogen-bond acceptors (Lipinski definition) is 3. The molecule has 1 saturated heterocycles. The highest BCUT2D eigenvalue weighted by atomic mass is 31.0. The van der Waals surface area contributed by atoms with E-state index in [1.165, 1.54) is 0 Å². The fraction of sp³-hybridized carbons (Fsp3) is 0.833. The Balaban J connectivity index is 2.64.